The van der Waals surface area contributed by atoms with E-state index in [1.54, 1.807) is 0 Å². The zero-order chi connectivity index (χ0) is 15.1. The highest BCUT2D eigenvalue weighted by Gasteiger charge is 2.17. The normalized spacial score (nSPS) is 17.4. The molecule has 1 heterocycles. The topological polar surface area (TPSA) is 64.4 Å². The van der Waals surface area contributed by atoms with Gasteiger partial charge in [0.15, 0.2) is 0 Å². The maximum atomic E-state index is 11.9. The third kappa shape index (κ3) is 5.86. The van der Waals surface area contributed by atoms with Gasteiger partial charge in [-0.2, -0.15) is 0 Å². The lowest BCUT2D eigenvalue weighted by atomic mass is 10.0. The van der Waals surface area contributed by atoms with E-state index in [0.717, 1.165) is 38.9 Å². The van der Waals surface area contributed by atoms with Gasteiger partial charge in [0.1, 0.15) is 0 Å². The van der Waals surface area contributed by atoms with Gasteiger partial charge in [0, 0.05) is 31.7 Å². The number of rotatable bonds is 6. The van der Waals surface area contributed by atoms with Gasteiger partial charge >= 0.3 is 0 Å². The van der Waals surface area contributed by atoms with Crippen LogP contribution in [0.3, 0.4) is 0 Å². The van der Waals surface area contributed by atoms with Crippen molar-refractivity contribution >= 4 is 5.91 Å². The van der Waals surface area contributed by atoms with Gasteiger partial charge in [-0.25, -0.2) is 0 Å². The van der Waals surface area contributed by atoms with Crippen LogP contribution in [-0.2, 0) is 16.0 Å². The second-order valence-electron chi connectivity index (χ2n) is 5.94. The molecule has 1 aliphatic rings. The van der Waals surface area contributed by atoms with E-state index in [1.807, 2.05) is 0 Å². The first kappa shape index (κ1) is 16.0. The fourth-order valence-corrected chi connectivity index (χ4v) is 2.58. The molecule has 2 rings (SSSR count). The van der Waals surface area contributed by atoms with Crippen molar-refractivity contribution in [2.24, 2.45) is 5.73 Å². The zero-order valence-corrected chi connectivity index (χ0v) is 12.8. The van der Waals surface area contributed by atoms with Crippen molar-refractivity contribution in [3.8, 4) is 0 Å². The largest absolute Gasteiger partial charge is 0.381 e. The molecular formula is C17H26N2O2. The van der Waals surface area contributed by atoms with Crippen LogP contribution >= 0.6 is 0 Å². The van der Waals surface area contributed by atoms with Crippen LogP contribution in [-0.4, -0.2) is 31.2 Å². The third-order valence-electron chi connectivity index (χ3n) is 3.96. The molecule has 1 aromatic carbocycles. The summed E-state index contributed by atoms with van der Waals surface area (Å²) in [6.07, 6.45) is 3.98. The Kier molecular flexibility index (Phi) is 6.21. The smallest absolute Gasteiger partial charge is 0.221 e. The average molecular weight is 290 g/mol. The van der Waals surface area contributed by atoms with Gasteiger partial charge in [-0.3, -0.25) is 4.79 Å². The first-order valence-corrected chi connectivity index (χ1v) is 7.81. The highest BCUT2D eigenvalue weighted by atomic mass is 16.5. The Morgan fingerprint density at radius 1 is 1.33 bits per heavy atom. The quantitative estimate of drug-likeness (QED) is 0.841. The monoisotopic (exact) mass is 290 g/mol. The second kappa shape index (κ2) is 8.15. The molecule has 1 aliphatic heterocycles. The number of nitrogens with one attached hydrogen (secondary N) is 1. The van der Waals surface area contributed by atoms with Crippen LogP contribution in [0.4, 0.5) is 0 Å². The van der Waals surface area contributed by atoms with Gasteiger partial charge < -0.3 is 15.8 Å². The van der Waals surface area contributed by atoms with Crippen LogP contribution in [0.1, 0.15) is 36.8 Å². The maximum absolute atomic E-state index is 11.9. The van der Waals surface area contributed by atoms with E-state index < -0.39 is 0 Å². The number of benzene rings is 1. The molecule has 1 unspecified atom stereocenters. The van der Waals surface area contributed by atoms with Gasteiger partial charge in [-0.05, 0) is 38.2 Å². The fraction of sp³-hybridized carbons (Fsp3) is 0.588. The number of ether oxygens (including phenoxy) is 1. The Bertz CT molecular complexity index is 439. The Balaban J connectivity index is 1.67. The van der Waals surface area contributed by atoms with Crippen LogP contribution in [0, 0.1) is 6.92 Å². The first-order chi connectivity index (χ1) is 10.1. The predicted octanol–water partition coefficient (Wildman–Crippen LogP) is 1.94. The molecule has 116 valence electrons. The van der Waals surface area contributed by atoms with E-state index in [1.165, 1.54) is 11.1 Å². The number of aryl methyl sites for hydroxylation is 2. The molecule has 0 bridgehead atoms. The molecule has 3 N–H and O–H groups in total. The minimum atomic E-state index is -0.0776. The van der Waals surface area contributed by atoms with E-state index >= 15 is 0 Å². The van der Waals surface area contributed by atoms with Crippen LogP contribution in [0.5, 0.6) is 0 Å². The predicted molar refractivity (Wildman–Crippen MR) is 84.1 cm³/mol. The summed E-state index contributed by atoms with van der Waals surface area (Å²) < 4.78 is 5.28. The Labute approximate surface area is 127 Å². The number of carbonyl (C=O) groups is 1. The number of amides is 1. The zero-order valence-electron chi connectivity index (χ0n) is 12.8. The summed E-state index contributed by atoms with van der Waals surface area (Å²) in [6, 6.07) is 8.66. The number of hydrogen-bond donors (Lipinski definition) is 2. The van der Waals surface area contributed by atoms with Crippen LogP contribution in [0.15, 0.2) is 24.3 Å². The lowest BCUT2D eigenvalue weighted by Crippen LogP contribution is -2.41. The number of carbonyl (C=O) groups excluding carboxylic acids is 1. The molecule has 0 saturated carbocycles. The number of nitrogens with two attached hydrogens (primary N) is 1. The Hall–Kier alpha value is -1.39. The van der Waals surface area contributed by atoms with Crippen molar-refractivity contribution in [2.75, 3.05) is 13.2 Å². The Morgan fingerprint density at radius 3 is 2.67 bits per heavy atom. The summed E-state index contributed by atoms with van der Waals surface area (Å²) in [4.78, 5) is 11.9. The Morgan fingerprint density at radius 2 is 2.00 bits per heavy atom. The van der Waals surface area contributed by atoms with Gasteiger partial charge in [-0.1, -0.05) is 29.8 Å². The summed E-state index contributed by atoms with van der Waals surface area (Å²) in [7, 11) is 0. The molecule has 1 saturated heterocycles. The maximum Gasteiger partial charge on any atom is 0.221 e. The summed E-state index contributed by atoms with van der Waals surface area (Å²) in [5.74, 6) is 0.0679. The van der Waals surface area contributed by atoms with Crippen molar-refractivity contribution < 1.29 is 9.53 Å². The van der Waals surface area contributed by atoms with Crippen molar-refractivity contribution in [1.29, 1.82) is 0 Å². The molecule has 1 amide bonds. The van der Waals surface area contributed by atoms with Gasteiger partial charge in [0.05, 0.1) is 0 Å². The standard InChI is InChI=1S/C17H26N2O2/c1-13-2-4-14(5-3-13)6-7-15(18)12-17(20)19-16-8-10-21-11-9-16/h2-5,15-16H,6-12,18H2,1H3,(H,19,20). The lowest BCUT2D eigenvalue weighted by Gasteiger charge is -2.23. The van der Waals surface area contributed by atoms with E-state index in [-0.39, 0.29) is 18.0 Å². The van der Waals surface area contributed by atoms with E-state index in [9.17, 15) is 4.79 Å². The summed E-state index contributed by atoms with van der Waals surface area (Å²) in [6.45, 7) is 3.56. The molecular weight excluding hydrogens is 264 g/mol. The van der Waals surface area contributed by atoms with E-state index in [0.29, 0.717) is 6.42 Å². The van der Waals surface area contributed by atoms with Crippen molar-refractivity contribution in [3.63, 3.8) is 0 Å². The lowest BCUT2D eigenvalue weighted by molar-refractivity contribution is -0.122. The van der Waals surface area contributed by atoms with Gasteiger partial charge in [0.2, 0.25) is 5.91 Å². The molecule has 1 aromatic rings. The molecule has 0 radical (unpaired) electrons. The van der Waals surface area contributed by atoms with Crippen LogP contribution < -0.4 is 11.1 Å². The minimum Gasteiger partial charge on any atom is -0.381 e. The third-order valence-corrected chi connectivity index (χ3v) is 3.96. The first-order valence-electron chi connectivity index (χ1n) is 7.81. The van der Waals surface area contributed by atoms with Gasteiger partial charge in [0.25, 0.3) is 0 Å². The molecule has 0 spiro atoms. The average Bonchev–Trinajstić information content (AvgIpc) is 2.47. The molecule has 1 atom stereocenters. The highest BCUT2D eigenvalue weighted by Crippen LogP contribution is 2.09. The van der Waals surface area contributed by atoms with Crippen LogP contribution in [0.2, 0.25) is 0 Å². The summed E-state index contributed by atoms with van der Waals surface area (Å²) >= 11 is 0. The summed E-state index contributed by atoms with van der Waals surface area (Å²) in [5, 5.41) is 3.06. The van der Waals surface area contributed by atoms with Crippen molar-refractivity contribution in [1.82, 2.24) is 5.32 Å². The van der Waals surface area contributed by atoms with Crippen LogP contribution in [0.25, 0.3) is 0 Å². The van der Waals surface area contributed by atoms with E-state index in [2.05, 4.69) is 36.5 Å². The minimum absolute atomic E-state index is 0.0679. The van der Waals surface area contributed by atoms with E-state index in [4.69, 9.17) is 10.5 Å². The second-order valence-corrected chi connectivity index (χ2v) is 5.94. The molecule has 4 heteroatoms. The molecule has 1 fully saturated rings. The SMILES string of the molecule is Cc1ccc(CCC(N)CC(=O)NC2CCOCC2)cc1. The molecule has 4 nitrogen and oxygen atoms in total. The van der Waals surface area contributed by atoms with Gasteiger partial charge in [-0.15, -0.1) is 0 Å². The molecule has 0 aliphatic carbocycles. The molecule has 0 aromatic heterocycles. The fourth-order valence-electron chi connectivity index (χ4n) is 2.58. The molecule has 21 heavy (non-hydrogen) atoms. The van der Waals surface area contributed by atoms with Crippen molar-refractivity contribution in [2.45, 2.75) is 51.1 Å². The van der Waals surface area contributed by atoms with Crippen molar-refractivity contribution in [3.05, 3.63) is 35.4 Å². The summed E-state index contributed by atoms with van der Waals surface area (Å²) in [5.41, 5.74) is 8.61. The highest BCUT2D eigenvalue weighted by molar-refractivity contribution is 5.76. The number of hydrogen-bond acceptors (Lipinski definition) is 3.